The molecule has 2 rings (SSSR count). The average Bonchev–Trinajstić information content (AvgIpc) is 2.47. The summed E-state index contributed by atoms with van der Waals surface area (Å²) in [4.78, 5) is 16.4. The summed E-state index contributed by atoms with van der Waals surface area (Å²) in [6.45, 7) is 6.93. The number of hydrogen-bond acceptors (Lipinski definition) is 3. The SMILES string of the molecule is CCCNc1ccc(C(=O)Nc2ccncc2C)c(C)c1. The molecule has 0 saturated heterocycles. The summed E-state index contributed by atoms with van der Waals surface area (Å²) in [7, 11) is 0. The van der Waals surface area contributed by atoms with Gasteiger partial charge in [0.05, 0.1) is 0 Å². The highest BCUT2D eigenvalue weighted by Crippen LogP contribution is 2.18. The van der Waals surface area contributed by atoms with Crippen LogP contribution in [-0.4, -0.2) is 17.4 Å². The molecule has 0 fully saturated rings. The topological polar surface area (TPSA) is 54.0 Å². The number of aryl methyl sites for hydroxylation is 2. The molecule has 4 nitrogen and oxygen atoms in total. The number of benzene rings is 1. The van der Waals surface area contributed by atoms with Crippen LogP contribution in [0, 0.1) is 13.8 Å². The van der Waals surface area contributed by atoms with E-state index >= 15 is 0 Å². The van der Waals surface area contributed by atoms with Crippen molar-refractivity contribution in [1.82, 2.24) is 4.98 Å². The van der Waals surface area contributed by atoms with Gasteiger partial charge in [-0.15, -0.1) is 0 Å². The standard InChI is InChI=1S/C17H21N3O/c1-4-8-19-14-5-6-15(12(2)10-14)17(21)20-16-7-9-18-11-13(16)3/h5-7,9-11,19H,4,8H2,1-3H3,(H,18,20,21). The van der Waals surface area contributed by atoms with E-state index in [1.54, 1.807) is 18.5 Å². The molecule has 1 aromatic heterocycles. The molecule has 0 unspecified atom stereocenters. The van der Waals surface area contributed by atoms with Crippen molar-refractivity contribution in [3.05, 3.63) is 53.3 Å². The summed E-state index contributed by atoms with van der Waals surface area (Å²) in [5, 5.41) is 6.25. The lowest BCUT2D eigenvalue weighted by Gasteiger charge is -2.11. The summed E-state index contributed by atoms with van der Waals surface area (Å²) < 4.78 is 0. The molecule has 2 aromatic rings. The van der Waals surface area contributed by atoms with E-state index in [2.05, 4.69) is 22.5 Å². The second kappa shape index (κ2) is 6.88. The Hall–Kier alpha value is -2.36. The van der Waals surface area contributed by atoms with E-state index in [0.29, 0.717) is 5.56 Å². The molecule has 0 spiro atoms. The van der Waals surface area contributed by atoms with Gasteiger partial charge in [0.15, 0.2) is 0 Å². The largest absolute Gasteiger partial charge is 0.385 e. The van der Waals surface area contributed by atoms with Gasteiger partial charge < -0.3 is 10.6 Å². The Balaban J connectivity index is 2.14. The molecule has 1 amide bonds. The Morgan fingerprint density at radius 2 is 2.00 bits per heavy atom. The van der Waals surface area contributed by atoms with E-state index in [0.717, 1.165) is 35.5 Å². The molecule has 0 aliphatic rings. The number of carbonyl (C=O) groups is 1. The summed E-state index contributed by atoms with van der Waals surface area (Å²) >= 11 is 0. The third kappa shape index (κ3) is 3.81. The third-order valence-corrected chi connectivity index (χ3v) is 3.32. The fourth-order valence-corrected chi connectivity index (χ4v) is 2.10. The number of rotatable bonds is 5. The first-order chi connectivity index (χ1) is 10.1. The second-order valence-corrected chi connectivity index (χ2v) is 5.10. The van der Waals surface area contributed by atoms with Crippen LogP contribution >= 0.6 is 0 Å². The number of anilines is 2. The van der Waals surface area contributed by atoms with Crippen LogP contribution in [0.25, 0.3) is 0 Å². The summed E-state index contributed by atoms with van der Waals surface area (Å²) in [5.74, 6) is -0.0937. The number of aromatic nitrogens is 1. The van der Waals surface area contributed by atoms with Gasteiger partial charge in [-0.3, -0.25) is 9.78 Å². The zero-order chi connectivity index (χ0) is 15.2. The Kier molecular flexibility index (Phi) is 4.93. The Morgan fingerprint density at radius 3 is 2.67 bits per heavy atom. The van der Waals surface area contributed by atoms with Gasteiger partial charge in [0.25, 0.3) is 5.91 Å². The number of hydrogen-bond donors (Lipinski definition) is 2. The molecule has 21 heavy (non-hydrogen) atoms. The van der Waals surface area contributed by atoms with Crippen LogP contribution in [0.15, 0.2) is 36.7 Å². The second-order valence-electron chi connectivity index (χ2n) is 5.10. The van der Waals surface area contributed by atoms with E-state index in [-0.39, 0.29) is 5.91 Å². The molecule has 2 N–H and O–H groups in total. The predicted octanol–water partition coefficient (Wildman–Crippen LogP) is 3.77. The Morgan fingerprint density at radius 1 is 1.19 bits per heavy atom. The van der Waals surface area contributed by atoms with E-state index in [1.807, 2.05) is 32.0 Å². The van der Waals surface area contributed by atoms with Crippen LogP contribution in [0.5, 0.6) is 0 Å². The van der Waals surface area contributed by atoms with Crippen molar-refractivity contribution in [3.8, 4) is 0 Å². The van der Waals surface area contributed by atoms with E-state index in [4.69, 9.17) is 0 Å². The van der Waals surface area contributed by atoms with Gasteiger partial charge in [0.2, 0.25) is 0 Å². The third-order valence-electron chi connectivity index (χ3n) is 3.32. The minimum atomic E-state index is -0.0937. The number of amides is 1. The normalized spacial score (nSPS) is 10.2. The smallest absolute Gasteiger partial charge is 0.255 e. The zero-order valence-corrected chi connectivity index (χ0v) is 12.7. The maximum absolute atomic E-state index is 12.4. The molecule has 1 aromatic carbocycles. The Bertz CT molecular complexity index is 638. The molecule has 0 aliphatic heterocycles. The van der Waals surface area contributed by atoms with Gasteiger partial charge in [0, 0.05) is 35.9 Å². The van der Waals surface area contributed by atoms with Gasteiger partial charge in [-0.2, -0.15) is 0 Å². The lowest BCUT2D eigenvalue weighted by Crippen LogP contribution is -2.14. The molecule has 0 aliphatic carbocycles. The number of nitrogens with zero attached hydrogens (tertiary/aromatic N) is 1. The summed E-state index contributed by atoms with van der Waals surface area (Å²) in [6, 6.07) is 7.61. The molecule has 0 atom stereocenters. The fraction of sp³-hybridized carbons (Fsp3) is 0.294. The van der Waals surface area contributed by atoms with Crippen molar-refractivity contribution < 1.29 is 4.79 Å². The average molecular weight is 283 g/mol. The van der Waals surface area contributed by atoms with Gasteiger partial charge in [-0.05, 0) is 55.7 Å². The van der Waals surface area contributed by atoms with Crippen LogP contribution in [0.3, 0.4) is 0 Å². The van der Waals surface area contributed by atoms with Gasteiger partial charge in [-0.25, -0.2) is 0 Å². The Labute approximate surface area is 125 Å². The van der Waals surface area contributed by atoms with Crippen LogP contribution in [0.4, 0.5) is 11.4 Å². The first-order valence-electron chi connectivity index (χ1n) is 7.18. The van der Waals surface area contributed by atoms with E-state index < -0.39 is 0 Å². The highest BCUT2D eigenvalue weighted by atomic mass is 16.1. The van der Waals surface area contributed by atoms with Crippen LogP contribution in [0.2, 0.25) is 0 Å². The molecule has 110 valence electrons. The van der Waals surface area contributed by atoms with Crippen LogP contribution in [-0.2, 0) is 0 Å². The summed E-state index contributed by atoms with van der Waals surface area (Å²) in [6.07, 6.45) is 4.48. The minimum absolute atomic E-state index is 0.0937. The summed E-state index contributed by atoms with van der Waals surface area (Å²) in [5.41, 5.74) is 4.44. The number of carbonyl (C=O) groups excluding carboxylic acids is 1. The van der Waals surface area contributed by atoms with Crippen molar-refractivity contribution in [1.29, 1.82) is 0 Å². The van der Waals surface area contributed by atoms with Crippen molar-refractivity contribution in [2.45, 2.75) is 27.2 Å². The van der Waals surface area contributed by atoms with Crippen molar-refractivity contribution in [2.75, 3.05) is 17.2 Å². The molecule has 0 radical (unpaired) electrons. The number of nitrogens with one attached hydrogen (secondary N) is 2. The molecule has 0 saturated carbocycles. The molecule has 0 bridgehead atoms. The molecular weight excluding hydrogens is 262 g/mol. The van der Waals surface area contributed by atoms with Crippen molar-refractivity contribution >= 4 is 17.3 Å². The van der Waals surface area contributed by atoms with Crippen molar-refractivity contribution in [2.24, 2.45) is 0 Å². The van der Waals surface area contributed by atoms with Gasteiger partial charge in [0.1, 0.15) is 0 Å². The fourth-order valence-electron chi connectivity index (χ4n) is 2.10. The predicted molar refractivity (Wildman–Crippen MR) is 86.9 cm³/mol. The monoisotopic (exact) mass is 283 g/mol. The minimum Gasteiger partial charge on any atom is -0.385 e. The van der Waals surface area contributed by atoms with Crippen LogP contribution < -0.4 is 10.6 Å². The molecule has 4 heteroatoms. The van der Waals surface area contributed by atoms with E-state index in [1.165, 1.54) is 0 Å². The lowest BCUT2D eigenvalue weighted by molar-refractivity contribution is 0.102. The van der Waals surface area contributed by atoms with Crippen LogP contribution in [0.1, 0.15) is 34.8 Å². The van der Waals surface area contributed by atoms with Gasteiger partial charge >= 0.3 is 0 Å². The van der Waals surface area contributed by atoms with Gasteiger partial charge in [-0.1, -0.05) is 6.92 Å². The highest BCUT2D eigenvalue weighted by molar-refractivity contribution is 6.05. The maximum atomic E-state index is 12.4. The molecular formula is C17H21N3O. The zero-order valence-electron chi connectivity index (χ0n) is 12.7. The molecule has 1 heterocycles. The first-order valence-corrected chi connectivity index (χ1v) is 7.18. The number of pyridine rings is 1. The maximum Gasteiger partial charge on any atom is 0.255 e. The first kappa shape index (κ1) is 15.0. The highest BCUT2D eigenvalue weighted by Gasteiger charge is 2.10. The quantitative estimate of drug-likeness (QED) is 0.878. The van der Waals surface area contributed by atoms with E-state index in [9.17, 15) is 4.79 Å². The van der Waals surface area contributed by atoms with Crippen molar-refractivity contribution in [3.63, 3.8) is 0 Å². The lowest BCUT2D eigenvalue weighted by atomic mass is 10.1.